The quantitative estimate of drug-likeness (QED) is 0.908. The summed E-state index contributed by atoms with van der Waals surface area (Å²) in [6, 6.07) is 7.24. The highest BCUT2D eigenvalue weighted by Crippen LogP contribution is 2.37. The van der Waals surface area contributed by atoms with Crippen LogP contribution in [-0.2, 0) is 16.1 Å². The van der Waals surface area contributed by atoms with Gasteiger partial charge in [0.25, 0.3) is 11.8 Å². The van der Waals surface area contributed by atoms with Crippen LogP contribution < -0.4 is 5.43 Å². The Morgan fingerprint density at radius 1 is 1.50 bits per heavy atom. The molecule has 0 aliphatic carbocycles. The number of thioether (sulfide) groups is 1. The highest BCUT2D eigenvalue weighted by molar-refractivity contribution is 8.00. The second kappa shape index (κ2) is 6.37. The largest absolute Gasteiger partial charge is 0.272 e. The Labute approximate surface area is 135 Å². The number of carbonyl (C=O) groups is 2. The lowest BCUT2D eigenvalue weighted by Gasteiger charge is -2.24. The number of aromatic nitrogens is 3. The Kier molecular flexibility index (Phi) is 4.30. The Morgan fingerprint density at radius 2 is 2.36 bits per heavy atom. The van der Waals surface area contributed by atoms with Crippen molar-refractivity contribution in [1.29, 1.82) is 0 Å². The fraction of sp³-hybridized carbons (Fsp3) is 0.231. The molecule has 1 unspecified atom stereocenters. The minimum absolute atomic E-state index is 0.00326. The number of benzene rings is 1. The summed E-state index contributed by atoms with van der Waals surface area (Å²) in [5.41, 5.74) is 3.49. The minimum Gasteiger partial charge on any atom is -0.272 e. The lowest BCUT2D eigenvalue weighted by atomic mass is 10.2. The van der Waals surface area contributed by atoms with Crippen molar-refractivity contribution < 1.29 is 9.59 Å². The Balaban J connectivity index is 1.72. The van der Waals surface area contributed by atoms with Crippen LogP contribution in [-0.4, -0.2) is 37.3 Å². The van der Waals surface area contributed by atoms with Crippen molar-refractivity contribution in [3.63, 3.8) is 0 Å². The van der Waals surface area contributed by atoms with Crippen LogP contribution in [0.1, 0.15) is 10.9 Å². The fourth-order valence-electron chi connectivity index (χ4n) is 2.08. The molecule has 2 heterocycles. The van der Waals surface area contributed by atoms with Crippen molar-refractivity contribution in [2.45, 2.75) is 11.9 Å². The first kappa shape index (κ1) is 14.9. The Hall–Kier alpha value is -2.06. The van der Waals surface area contributed by atoms with Gasteiger partial charge < -0.3 is 0 Å². The van der Waals surface area contributed by atoms with E-state index in [2.05, 4.69) is 15.5 Å². The molecule has 3 rings (SSSR count). The molecule has 114 valence electrons. The topological polar surface area (TPSA) is 80.1 Å². The maximum absolute atomic E-state index is 12.0. The molecule has 7 nitrogen and oxygen atoms in total. The third kappa shape index (κ3) is 3.23. The summed E-state index contributed by atoms with van der Waals surface area (Å²) in [5, 5.41) is 5.50. The zero-order chi connectivity index (χ0) is 15.5. The fourth-order valence-corrected chi connectivity index (χ4v) is 3.38. The van der Waals surface area contributed by atoms with E-state index in [1.807, 2.05) is 12.1 Å². The molecule has 0 bridgehead atoms. The van der Waals surface area contributed by atoms with Crippen LogP contribution in [0.2, 0.25) is 5.02 Å². The molecular formula is C13H12ClN5O2S. The van der Waals surface area contributed by atoms with Crippen LogP contribution in [0.5, 0.6) is 0 Å². The second-order valence-electron chi connectivity index (χ2n) is 4.61. The maximum atomic E-state index is 12.0. The summed E-state index contributed by atoms with van der Waals surface area (Å²) in [7, 11) is 0. The zero-order valence-corrected chi connectivity index (χ0v) is 12.9. The molecule has 1 atom stereocenters. The summed E-state index contributed by atoms with van der Waals surface area (Å²) >= 11 is 7.43. The third-order valence-electron chi connectivity index (χ3n) is 3.02. The van der Waals surface area contributed by atoms with E-state index < -0.39 is 0 Å². The van der Waals surface area contributed by atoms with E-state index in [0.717, 1.165) is 5.56 Å². The summed E-state index contributed by atoms with van der Waals surface area (Å²) < 4.78 is 1.39. The van der Waals surface area contributed by atoms with Gasteiger partial charge in [-0.1, -0.05) is 23.7 Å². The van der Waals surface area contributed by atoms with Gasteiger partial charge in [-0.3, -0.25) is 15.0 Å². The van der Waals surface area contributed by atoms with Crippen LogP contribution in [0.15, 0.2) is 36.9 Å². The van der Waals surface area contributed by atoms with Crippen LogP contribution >= 0.6 is 23.4 Å². The lowest BCUT2D eigenvalue weighted by Crippen LogP contribution is -2.45. The molecule has 1 aliphatic rings. The molecule has 0 spiro atoms. The van der Waals surface area contributed by atoms with Crippen molar-refractivity contribution >= 4 is 35.2 Å². The number of nitrogens with one attached hydrogen (secondary N) is 1. The molecule has 1 aromatic heterocycles. The number of carbonyl (C=O) groups excluding carboxylic acids is 2. The van der Waals surface area contributed by atoms with Gasteiger partial charge in [-0.2, -0.15) is 5.10 Å². The first-order chi connectivity index (χ1) is 10.6. The molecule has 2 amide bonds. The van der Waals surface area contributed by atoms with Crippen molar-refractivity contribution in [1.82, 2.24) is 25.2 Å². The van der Waals surface area contributed by atoms with Crippen LogP contribution in [0.4, 0.5) is 0 Å². The van der Waals surface area contributed by atoms with Crippen molar-refractivity contribution in [3.8, 4) is 0 Å². The van der Waals surface area contributed by atoms with Gasteiger partial charge in [0.1, 0.15) is 24.6 Å². The van der Waals surface area contributed by atoms with Gasteiger partial charge in [0, 0.05) is 5.02 Å². The van der Waals surface area contributed by atoms with E-state index in [-0.39, 0.29) is 23.7 Å². The van der Waals surface area contributed by atoms with Crippen molar-refractivity contribution in [3.05, 3.63) is 47.5 Å². The minimum atomic E-state index is -0.339. The molecule has 1 fully saturated rings. The summed E-state index contributed by atoms with van der Waals surface area (Å²) in [6.45, 7) is -0.00326. The Morgan fingerprint density at radius 3 is 3.09 bits per heavy atom. The van der Waals surface area contributed by atoms with E-state index in [4.69, 9.17) is 11.6 Å². The highest BCUT2D eigenvalue weighted by atomic mass is 35.5. The molecule has 1 aromatic carbocycles. The predicted molar refractivity (Wildman–Crippen MR) is 81.7 cm³/mol. The number of hydrogen-bond donors (Lipinski definition) is 1. The standard InChI is InChI=1S/C13H12ClN5O2S/c14-10-3-1-2-9(4-10)13-19(12(21)6-22-13)17-11(20)5-18-8-15-7-16-18/h1-4,7-8,13H,5-6H2,(H,17,20). The summed E-state index contributed by atoms with van der Waals surface area (Å²) in [5.74, 6) is -0.184. The molecule has 0 saturated carbocycles. The number of amides is 2. The molecule has 1 aliphatic heterocycles. The number of hydrazine groups is 1. The molecule has 0 radical (unpaired) electrons. The molecule has 1 N–H and O–H groups in total. The Bertz CT molecular complexity index is 693. The zero-order valence-electron chi connectivity index (χ0n) is 11.3. The van der Waals surface area contributed by atoms with Crippen molar-refractivity contribution in [2.75, 3.05) is 5.75 Å². The monoisotopic (exact) mass is 337 g/mol. The molecule has 22 heavy (non-hydrogen) atoms. The second-order valence-corrected chi connectivity index (χ2v) is 6.12. The number of hydrogen-bond acceptors (Lipinski definition) is 5. The van der Waals surface area contributed by atoms with Gasteiger partial charge in [-0.05, 0) is 17.7 Å². The van der Waals surface area contributed by atoms with E-state index in [1.165, 1.54) is 34.1 Å². The molecule has 9 heteroatoms. The van der Waals surface area contributed by atoms with E-state index >= 15 is 0 Å². The van der Waals surface area contributed by atoms with Gasteiger partial charge in [0.2, 0.25) is 0 Å². The van der Waals surface area contributed by atoms with Gasteiger partial charge in [-0.25, -0.2) is 14.7 Å². The summed E-state index contributed by atoms with van der Waals surface area (Å²) in [4.78, 5) is 27.8. The normalized spacial score (nSPS) is 17.8. The van der Waals surface area contributed by atoms with Crippen LogP contribution in [0.3, 0.4) is 0 Å². The molecular weight excluding hydrogens is 326 g/mol. The highest BCUT2D eigenvalue weighted by Gasteiger charge is 2.34. The van der Waals surface area contributed by atoms with Crippen molar-refractivity contribution in [2.24, 2.45) is 0 Å². The van der Waals surface area contributed by atoms with Crippen LogP contribution in [0, 0.1) is 0 Å². The van der Waals surface area contributed by atoms with Gasteiger partial charge in [-0.15, -0.1) is 11.8 Å². The molecule has 2 aromatic rings. The van der Waals surface area contributed by atoms with Gasteiger partial charge >= 0.3 is 0 Å². The number of rotatable bonds is 4. The lowest BCUT2D eigenvalue weighted by molar-refractivity contribution is -0.139. The average molecular weight is 338 g/mol. The molecule has 1 saturated heterocycles. The van der Waals surface area contributed by atoms with E-state index in [9.17, 15) is 9.59 Å². The first-order valence-electron chi connectivity index (χ1n) is 6.44. The smallest absolute Gasteiger partial charge is 0.260 e. The van der Waals surface area contributed by atoms with E-state index in [0.29, 0.717) is 10.8 Å². The summed E-state index contributed by atoms with van der Waals surface area (Å²) in [6.07, 6.45) is 2.79. The first-order valence-corrected chi connectivity index (χ1v) is 7.87. The van der Waals surface area contributed by atoms with Gasteiger partial charge in [0.15, 0.2) is 0 Å². The maximum Gasteiger partial charge on any atom is 0.260 e. The average Bonchev–Trinajstić information content (AvgIpc) is 3.10. The van der Waals surface area contributed by atoms with Crippen LogP contribution in [0.25, 0.3) is 0 Å². The van der Waals surface area contributed by atoms with E-state index in [1.54, 1.807) is 12.1 Å². The van der Waals surface area contributed by atoms with Gasteiger partial charge in [0.05, 0.1) is 5.75 Å². The number of nitrogens with zero attached hydrogens (tertiary/aromatic N) is 4. The predicted octanol–water partition coefficient (Wildman–Crippen LogP) is 1.24. The number of halogens is 1. The SMILES string of the molecule is O=C(Cn1cncn1)NN1C(=O)CSC1c1cccc(Cl)c1. The third-order valence-corrected chi connectivity index (χ3v) is 4.47.